The molecule has 5 nitrogen and oxygen atoms in total. The van der Waals surface area contributed by atoms with Crippen LogP contribution in [0.1, 0.15) is 11.3 Å². The van der Waals surface area contributed by atoms with Crippen molar-refractivity contribution < 1.29 is 17.9 Å². The largest absolute Gasteiger partial charge is 0.573 e. The molecule has 0 saturated heterocycles. The van der Waals surface area contributed by atoms with Crippen LogP contribution in [0.15, 0.2) is 30.3 Å². The van der Waals surface area contributed by atoms with Crippen LogP contribution in [0.4, 0.5) is 19.0 Å². The predicted molar refractivity (Wildman–Crippen MR) is 83.8 cm³/mol. The van der Waals surface area contributed by atoms with Gasteiger partial charge in [0.05, 0.1) is 5.69 Å². The van der Waals surface area contributed by atoms with Gasteiger partial charge in [-0.25, -0.2) is 4.68 Å². The molecule has 1 aromatic heterocycles. The minimum absolute atomic E-state index is 0.163. The van der Waals surface area contributed by atoms with Gasteiger partial charge < -0.3 is 15.4 Å². The van der Waals surface area contributed by atoms with Crippen molar-refractivity contribution in [3.8, 4) is 5.75 Å². The van der Waals surface area contributed by atoms with Crippen LogP contribution in [0.25, 0.3) is 0 Å². The highest BCUT2D eigenvalue weighted by atomic mass is 19.4. The van der Waals surface area contributed by atoms with E-state index < -0.39 is 6.36 Å². The monoisotopic (exact) mass is 340 g/mol. The van der Waals surface area contributed by atoms with E-state index in [1.165, 1.54) is 12.1 Å². The third-order valence-corrected chi connectivity index (χ3v) is 3.85. The van der Waals surface area contributed by atoms with E-state index in [9.17, 15) is 13.2 Å². The Morgan fingerprint density at radius 1 is 1.38 bits per heavy atom. The van der Waals surface area contributed by atoms with Crippen LogP contribution < -0.4 is 15.4 Å². The molecule has 0 fully saturated rings. The zero-order chi connectivity index (χ0) is 17.2. The Morgan fingerprint density at radius 3 is 2.96 bits per heavy atom. The number of anilines is 1. The Hall–Kier alpha value is -2.22. The molecule has 0 bridgehead atoms. The number of nitrogens with zero attached hydrogens (tertiary/aromatic N) is 2. The molecule has 1 aliphatic rings. The normalized spacial score (nSPS) is 17.2. The molecule has 1 unspecified atom stereocenters. The Kier molecular flexibility index (Phi) is 4.66. The van der Waals surface area contributed by atoms with Gasteiger partial charge in [-0.15, -0.1) is 13.2 Å². The standard InChI is InChI=1S/C16H19F3N4O/c1-11-6-15-21-8-12(10-23(15)22-11)7-20-9-13-4-2-3-5-14(13)24-16(17,18)19/h2-6,12,20-21H,7-10H2,1H3. The highest BCUT2D eigenvalue weighted by molar-refractivity contribution is 5.38. The fraction of sp³-hybridized carbons (Fsp3) is 0.438. The molecule has 2 aromatic rings. The van der Waals surface area contributed by atoms with Gasteiger partial charge in [-0.1, -0.05) is 18.2 Å². The molecule has 0 aliphatic carbocycles. The quantitative estimate of drug-likeness (QED) is 0.879. The molecule has 1 atom stereocenters. The van der Waals surface area contributed by atoms with Crippen LogP contribution in [0.3, 0.4) is 0 Å². The third kappa shape index (κ3) is 4.19. The number of aryl methyl sites for hydroxylation is 1. The second-order valence-electron chi connectivity index (χ2n) is 5.89. The molecule has 2 N–H and O–H groups in total. The molecular weight excluding hydrogens is 321 g/mol. The summed E-state index contributed by atoms with van der Waals surface area (Å²) in [6.45, 7) is 4.51. The SMILES string of the molecule is Cc1cc2n(n1)CC(CNCc1ccccc1OC(F)(F)F)CN2. The Bertz CT molecular complexity index is 699. The number of para-hydroxylation sites is 1. The van der Waals surface area contributed by atoms with E-state index in [2.05, 4.69) is 20.5 Å². The number of aromatic nitrogens is 2. The maximum Gasteiger partial charge on any atom is 0.573 e. The van der Waals surface area contributed by atoms with Crippen molar-refractivity contribution in [1.82, 2.24) is 15.1 Å². The zero-order valence-corrected chi connectivity index (χ0v) is 13.2. The fourth-order valence-corrected chi connectivity index (χ4v) is 2.81. The molecule has 1 aliphatic heterocycles. The lowest BCUT2D eigenvalue weighted by atomic mass is 10.1. The molecule has 130 valence electrons. The van der Waals surface area contributed by atoms with Crippen molar-refractivity contribution in [2.45, 2.75) is 26.4 Å². The summed E-state index contributed by atoms with van der Waals surface area (Å²) in [5.41, 5.74) is 1.44. The number of ether oxygens (including phenoxy) is 1. The second kappa shape index (κ2) is 6.72. The van der Waals surface area contributed by atoms with E-state index in [4.69, 9.17) is 0 Å². The summed E-state index contributed by atoms with van der Waals surface area (Å²) in [7, 11) is 0. The van der Waals surface area contributed by atoms with E-state index in [0.29, 0.717) is 24.6 Å². The number of benzene rings is 1. The number of nitrogens with one attached hydrogen (secondary N) is 2. The third-order valence-electron chi connectivity index (χ3n) is 3.85. The first-order valence-corrected chi connectivity index (χ1v) is 7.73. The van der Waals surface area contributed by atoms with Crippen LogP contribution in [0.2, 0.25) is 0 Å². The lowest BCUT2D eigenvalue weighted by Gasteiger charge is -2.25. The van der Waals surface area contributed by atoms with Crippen LogP contribution in [-0.4, -0.2) is 29.2 Å². The Labute approximate surface area is 137 Å². The van der Waals surface area contributed by atoms with Gasteiger partial charge in [-0.3, -0.25) is 0 Å². The topological polar surface area (TPSA) is 51.1 Å². The van der Waals surface area contributed by atoms with Crippen LogP contribution in [-0.2, 0) is 13.1 Å². The van der Waals surface area contributed by atoms with Crippen molar-refractivity contribution in [2.75, 3.05) is 18.4 Å². The van der Waals surface area contributed by atoms with Crippen molar-refractivity contribution in [3.63, 3.8) is 0 Å². The summed E-state index contributed by atoms with van der Waals surface area (Å²) in [6.07, 6.45) is -4.68. The van der Waals surface area contributed by atoms with Gasteiger partial charge in [0.2, 0.25) is 0 Å². The van der Waals surface area contributed by atoms with E-state index in [0.717, 1.165) is 24.6 Å². The van der Waals surface area contributed by atoms with Gasteiger partial charge in [0.15, 0.2) is 0 Å². The maximum absolute atomic E-state index is 12.4. The number of rotatable bonds is 5. The minimum Gasteiger partial charge on any atom is -0.405 e. The van der Waals surface area contributed by atoms with Gasteiger partial charge in [-0.2, -0.15) is 5.10 Å². The number of hydrogen-bond donors (Lipinski definition) is 2. The van der Waals surface area contributed by atoms with Gasteiger partial charge in [0.25, 0.3) is 0 Å². The lowest BCUT2D eigenvalue weighted by molar-refractivity contribution is -0.274. The fourth-order valence-electron chi connectivity index (χ4n) is 2.81. The molecule has 0 saturated carbocycles. The molecule has 0 amide bonds. The van der Waals surface area contributed by atoms with Gasteiger partial charge in [0, 0.05) is 43.7 Å². The first-order valence-electron chi connectivity index (χ1n) is 7.73. The number of fused-ring (bicyclic) bond motifs is 1. The smallest absolute Gasteiger partial charge is 0.405 e. The average molecular weight is 340 g/mol. The summed E-state index contributed by atoms with van der Waals surface area (Å²) < 4.78 is 43.2. The first kappa shape index (κ1) is 16.6. The van der Waals surface area contributed by atoms with E-state index in [1.807, 2.05) is 17.7 Å². The highest BCUT2D eigenvalue weighted by Crippen LogP contribution is 2.26. The Balaban J connectivity index is 1.54. The van der Waals surface area contributed by atoms with Crippen molar-refractivity contribution in [3.05, 3.63) is 41.6 Å². The average Bonchev–Trinajstić information content (AvgIpc) is 2.87. The van der Waals surface area contributed by atoms with Crippen molar-refractivity contribution >= 4 is 5.82 Å². The summed E-state index contributed by atoms with van der Waals surface area (Å²) in [5.74, 6) is 1.16. The minimum atomic E-state index is -4.68. The second-order valence-corrected chi connectivity index (χ2v) is 5.89. The number of halogens is 3. The van der Waals surface area contributed by atoms with E-state index >= 15 is 0 Å². The van der Waals surface area contributed by atoms with Crippen LogP contribution >= 0.6 is 0 Å². The van der Waals surface area contributed by atoms with E-state index in [-0.39, 0.29) is 5.75 Å². The summed E-state index contributed by atoms with van der Waals surface area (Å²) in [4.78, 5) is 0. The molecule has 3 rings (SSSR count). The number of alkyl halides is 3. The van der Waals surface area contributed by atoms with E-state index in [1.54, 1.807) is 12.1 Å². The highest BCUT2D eigenvalue weighted by Gasteiger charge is 2.32. The summed E-state index contributed by atoms with van der Waals surface area (Å²) >= 11 is 0. The van der Waals surface area contributed by atoms with Crippen molar-refractivity contribution in [1.29, 1.82) is 0 Å². The lowest BCUT2D eigenvalue weighted by Crippen LogP contribution is -2.35. The van der Waals surface area contributed by atoms with Gasteiger partial charge >= 0.3 is 6.36 Å². The van der Waals surface area contributed by atoms with Crippen molar-refractivity contribution in [2.24, 2.45) is 5.92 Å². The Morgan fingerprint density at radius 2 is 2.17 bits per heavy atom. The molecular formula is C16H19F3N4O. The zero-order valence-electron chi connectivity index (χ0n) is 13.2. The molecule has 2 heterocycles. The molecule has 24 heavy (non-hydrogen) atoms. The summed E-state index contributed by atoms with van der Waals surface area (Å²) in [5, 5.41) is 10.9. The van der Waals surface area contributed by atoms with Crippen LogP contribution in [0, 0.1) is 12.8 Å². The van der Waals surface area contributed by atoms with Crippen LogP contribution in [0.5, 0.6) is 5.75 Å². The molecule has 8 heteroatoms. The first-order chi connectivity index (χ1) is 11.4. The molecule has 0 radical (unpaired) electrons. The summed E-state index contributed by atoms with van der Waals surface area (Å²) in [6, 6.07) is 8.17. The predicted octanol–water partition coefficient (Wildman–Crippen LogP) is 2.92. The molecule has 1 aromatic carbocycles. The van der Waals surface area contributed by atoms with Gasteiger partial charge in [0.1, 0.15) is 11.6 Å². The van der Waals surface area contributed by atoms with Gasteiger partial charge in [-0.05, 0) is 13.0 Å². The molecule has 0 spiro atoms. The number of hydrogen-bond acceptors (Lipinski definition) is 4. The maximum atomic E-state index is 12.4.